The first kappa shape index (κ1) is 16.5. The summed E-state index contributed by atoms with van der Waals surface area (Å²) >= 11 is 0. The number of hydrazone groups is 1. The lowest BCUT2D eigenvalue weighted by Crippen LogP contribution is -2.29. The molecular formula is C18H27N3O. The van der Waals surface area contributed by atoms with Crippen LogP contribution in [0.25, 0.3) is 0 Å². The van der Waals surface area contributed by atoms with Crippen molar-refractivity contribution in [3.63, 3.8) is 0 Å². The third kappa shape index (κ3) is 4.86. The Morgan fingerprint density at radius 3 is 2.41 bits per heavy atom. The van der Waals surface area contributed by atoms with Crippen molar-refractivity contribution in [1.82, 2.24) is 5.43 Å². The summed E-state index contributed by atoms with van der Waals surface area (Å²) in [4.78, 5) is 14.1. The quantitative estimate of drug-likeness (QED) is 0.667. The minimum absolute atomic E-state index is 0.0284. The van der Waals surface area contributed by atoms with E-state index in [1.54, 1.807) is 0 Å². The highest BCUT2D eigenvalue weighted by Gasteiger charge is 2.11. The molecular weight excluding hydrogens is 274 g/mol. The minimum Gasteiger partial charge on any atom is -0.372 e. The molecule has 0 aliphatic carbocycles. The molecule has 1 heterocycles. The number of carbonyl (C=O) groups excluding carboxylic acids is 1. The maximum Gasteiger partial charge on any atom is 0.240 e. The molecule has 0 radical (unpaired) electrons. The first-order valence-corrected chi connectivity index (χ1v) is 8.25. The van der Waals surface area contributed by atoms with Crippen LogP contribution in [0, 0.1) is 5.92 Å². The minimum atomic E-state index is -0.0284. The Labute approximate surface area is 133 Å². The molecule has 4 heteroatoms. The number of hydrogen-bond acceptors (Lipinski definition) is 3. The molecule has 1 saturated heterocycles. The summed E-state index contributed by atoms with van der Waals surface area (Å²) in [6, 6.07) is 8.46. The number of nitrogens with one attached hydrogen (secondary N) is 1. The first-order valence-electron chi connectivity index (χ1n) is 8.25. The van der Waals surface area contributed by atoms with Crippen LogP contribution in [-0.2, 0) is 4.79 Å². The Hall–Kier alpha value is -1.84. The van der Waals surface area contributed by atoms with E-state index in [9.17, 15) is 4.79 Å². The lowest BCUT2D eigenvalue weighted by Gasteiger charge is -2.28. The Bertz CT molecular complexity index is 514. The summed E-state index contributed by atoms with van der Waals surface area (Å²) in [6.45, 7) is 8.27. The fourth-order valence-electron chi connectivity index (χ4n) is 2.69. The summed E-state index contributed by atoms with van der Waals surface area (Å²) in [5, 5.41) is 4.19. The number of anilines is 1. The number of amides is 1. The fourth-order valence-corrected chi connectivity index (χ4v) is 2.69. The maximum atomic E-state index is 11.6. The van der Waals surface area contributed by atoms with Crippen molar-refractivity contribution < 1.29 is 4.79 Å². The molecule has 0 unspecified atom stereocenters. The molecule has 1 aliphatic heterocycles. The predicted octanol–water partition coefficient (Wildman–Crippen LogP) is 3.56. The van der Waals surface area contributed by atoms with Gasteiger partial charge in [0.25, 0.3) is 0 Å². The normalized spacial score (nSPS) is 16.0. The largest absolute Gasteiger partial charge is 0.372 e. The van der Waals surface area contributed by atoms with Gasteiger partial charge in [0.1, 0.15) is 0 Å². The van der Waals surface area contributed by atoms with E-state index < -0.39 is 0 Å². The van der Waals surface area contributed by atoms with E-state index in [4.69, 9.17) is 0 Å². The third-order valence-electron chi connectivity index (χ3n) is 3.95. The van der Waals surface area contributed by atoms with Crippen molar-refractivity contribution in [3.8, 4) is 0 Å². The van der Waals surface area contributed by atoms with Crippen LogP contribution < -0.4 is 10.3 Å². The van der Waals surface area contributed by atoms with Crippen molar-refractivity contribution in [2.24, 2.45) is 11.0 Å². The van der Waals surface area contributed by atoms with Gasteiger partial charge in [0.15, 0.2) is 0 Å². The van der Waals surface area contributed by atoms with E-state index in [-0.39, 0.29) is 5.91 Å². The van der Waals surface area contributed by atoms with Gasteiger partial charge < -0.3 is 4.90 Å². The lowest BCUT2D eigenvalue weighted by atomic mass is 10.1. The van der Waals surface area contributed by atoms with E-state index in [0.29, 0.717) is 12.3 Å². The van der Waals surface area contributed by atoms with E-state index in [0.717, 1.165) is 24.4 Å². The van der Waals surface area contributed by atoms with Crippen molar-refractivity contribution in [3.05, 3.63) is 29.8 Å². The number of hydrogen-bond donors (Lipinski definition) is 1. The molecule has 0 atom stereocenters. The van der Waals surface area contributed by atoms with Gasteiger partial charge >= 0.3 is 0 Å². The van der Waals surface area contributed by atoms with Crippen LogP contribution in [0.4, 0.5) is 5.69 Å². The van der Waals surface area contributed by atoms with Crippen molar-refractivity contribution in [1.29, 1.82) is 0 Å². The van der Waals surface area contributed by atoms with E-state index in [1.807, 2.05) is 20.8 Å². The molecule has 1 fully saturated rings. The fraction of sp³-hybridized carbons (Fsp3) is 0.556. The van der Waals surface area contributed by atoms with Gasteiger partial charge in [-0.15, -0.1) is 0 Å². The predicted molar refractivity (Wildman–Crippen MR) is 92.3 cm³/mol. The summed E-state index contributed by atoms with van der Waals surface area (Å²) < 4.78 is 0. The van der Waals surface area contributed by atoms with Crippen LogP contribution in [0.15, 0.2) is 29.4 Å². The highest BCUT2D eigenvalue weighted by Crippen LogP contribution is 2.20. The van der Waals surface area contributed by atoms with E-state index >= 15 is 0 Å². The van der Waals surface area contributed by atoms with Crippen LogP contribution in [0.1, 0.15) is 52.0 Å². The molecule has 22 heavy (non-hydrogen) atoms. The van der Waals surface area contributed by atoms with Gasteiger partial charge in [0.2, 0.25) is 5.91 Å². The molecule has 1 aromatic rings. The number of piperidine rings is 1. The molecule has 1 amide bonds. The van der Waals surface area contributed by atoms with Gasteiger partial charge in [0.05, 0.1) is 5.71 Å². The Kier molecular flexibility index (Phi) is 5.99. The van der Waals surface area contributed by atoms with Gasteiger partial charge in [-0.05, 0) is 49.8 Å². The van der Waals surface area contributed by atoms with E-state index in [1.165, 1.54) is 24.9 Å². The zero-order chi connectivity index (χ0) is 15.9. The monoisotopic (exact) mass is 301 g/mol. The first-order chi connectivity index (χ1) is 10.6. The highest BCUT2D eigenvalue weighted by atomic mass is 16.2. The number of carbonyl (C=O) groups is 1. The smallest absolute Gasteiger partial charge is 0.240 e. The summed E-state index contributed by atoms with van der Waals surface area (Å²) in [7, 11) is 0. The Balaban J connectivity index is 1.95. The zero-order valence-corrected chi connectivity index (χ0v) is 13.9. The van der Waals surface area contributed by atoms with Gasteiger partial charge in [-0.2, -0.15) is 5.10 Å². The molecule has 1 aliphatic rings. The summed E-state index contributed by atoms with van der Waals surface area (Å²) in [5.41, 5.74) is 5.79. The highest BCUT2D eigenvalue weighted by molar-refractivity contribution is 5.99. The zero-order valence-electron chi connectivity index (χ0n) is 13.9. The standard InChI is InChI=1S/C18H27N3O/c1-14(2)13-18(22)20-19-15(3)16-7-9-17(10-8-16)21-11-5-4-6-12-21/h7-10,14H,4-6,11-13H2,1-3H3,(H,20,22). The lowest BCUT2D eigenvalue weighted by molar-refractivity contribution is -0.121. The van der Waals surface area contributed by atoms with Crippen molar-refractivity contribution in [2.75, 3.05) is 18.0 Å². The molecule has 4 nitrogen and oxygen atoms in total. The van der Waals surface area contributed by atoms with Gasteiger partial charge in [0, 0.05) is 25.2 Å². The second-order valence-corrected chi connectivity index (χ2v) is 6.42. The topological polar surface area (TPSA) is 44.7 Å². The number of nitrogens with zero attached hydrogens (tertiary/aromatic N) is 2. The SMILES string of the molecule is CC(=NNC(=O)CC(C)C)c1ccc(N2CCCCC2)cc1. The van der Waals surface area contributed by atoms with Crippen molar-refractivity contribution in [2.45, 2.75) is 46.5 Å². The average Bonchev–Trinajstić information content (AvgIpc) is 2.53. The van der Waals surface area contributed by atoms with Crippen LogP contribution in [0.3, 0.4) is 0 Å². The molecule has 1 N–H and O–H groups in total. The van der Waals surface area contributed by atoms with E-state index in [2.05, 4.69) is 39.7 Å². The van der Waals surface area contributed by atoms with Gasteiger partial charge in [-0.3, -0.25) is 4.79 Å². The van der Waals surface area contributed by atoms with Crippen molar-refractivity contribution >= 4 is 17.3 Å². The summed E-state index contributed by atoms with van der Waals surface area (Å²) in [6.07, 6.45) is 4.41. The third-order valence-corrected chi connectivity index (χ3v) is 3.95. The molecule has 0 saturated carbocycles. The molecule has 0 bridgehead atoms. The second kappa shape index (κ2) is 7.97. The molecule has 0 aromatic heterocycles. The average molecular weight is 301 g/mol. The molecule has 2 rings (SSSR count). The molecule has 1 aromatic carbocycles. The molecule has 120 valence electrons. The molecule has 0 spiro atoms. The Morgan fingerprint density at radius 2 is 1.82 bits per heavy atom. The number of rotatable bonds is 5. The van der Waals surface area contributed by atoms with Crippen LogP contribution in [0.2, 0.25) is 0 Å². The maximum absolute atomic E-state index is 11.6. The van der Waals surface area contributed by atoms with Gasteiger partial charge in [-0.1, -0.05) is 26.0 Å². The Morgan fingerprint density at radius 1 is 1.18 bits per heavy atom. The second-order valence-electron chi connectivity index (χ2n) is 6.42. The number of benzene rings is 1. The summed E-state index contributed by atoms with van der Waals surface area (Å²) in [5.74, 6) is 0.318. The van der Waals surface area contributed by atoms with Crippen LogP contribution in [0.5, 0.6) is 0 Å². The van der Waals surface area contributed by atoms with Crippen LogP contribution in [-0.4, -0.2) is 24.7 Å². The van der Waals surface area contributed by atoms with Crippen LogP contribution >= 0.6 is 0 Å². The van der Waals surface area contributed by atoms with Gasteiger partial charge in [-0.25, -0.2) is 5.43 Å².